The summed E-state index contributed by atoms with van der Waals surface area (Å²) in [6.45, 7) is 6.64. The zero-order chi connectivity index (χ0) is 21.0. The number of benzene rings is 1. The number of aromatic nitrogens is 2. The van der Waals surface area contributed by atoms with E-state index in [0.29, 0.717) is 42.7 Å². The van der Waals surface area contributed by atoms with Gasteiger partial charge in [0.1, 0.15) is 11.9 Å². The predicted molar refractivity (Wildman–Crippen MR) is 113 cm³/mol. The van der Waals surface area contributed by atoms with Crippen LogP contribution in [0.15, 0.2) is 30.9 Å². The number of hydrogen-bond acceptors (Lipinski definition) is 5. The number of carbonyl (C=O) groups is 1. The highest BCUT2D eigenvalue weighted by molar-refractivity contribution is 7.90. The van der Waals surface area contributed by atoms with Gasteiger partial charge in [-0.25, -0.2) is 13.4 Å². The Morgan fingerprint density at radius 3 is 2.69 bits per heavy atom. The Bertz CT molecular complexity index is 949. The third-order valence-electron chi connectivity index (χ3n) is 5.37. The van der Waals surface area contributed by atoms with Crippen molar-refractivity contribution >= 4 is 15.6 Å². The van der Waals surface area contributed by atoms with Gasteiger partial charge < -0.3 is 9.30 Å². The molecule has 1 unspecified atom stereocenters. The molecule has 1 heterocycles. The fraction of sp³-hybridized carbons (Fsp3) is 0.545. The van der Waals surface area contributed by atoms with Gasteiger partial charge in [-0.1, -0.05) is 20.8 Å². The van der Waals surface area contributed by atoms with E-state index in [9.17, 15) is 13.2 Å². The van der Waals surface area contributed by atoms with E-state index in [-0.39, 0.29) is 29.3 Å². The average molecular weight is 419 g/mol. The van der Waals surface area contributed by atoms with E-state index < -0.39 is 9.84 Å². The van der Waals surface area contributed by atoms with Crippen molar-refractivity contribution in [1.29, 1.82) is 0 Å². The van der Waals surface area contributed by atoms with Gasteiger partial charge in [0.25, 0.3) is 0 Å². The Morgan fingerprint density at radius 2 is 2.03 bits per heavy atom. The van der Waals surface area contributed by atoms with E-state index in [0.717, 1.165) is 12.0 Å². The quantitative estimate of drug-likeness (QED) is 0.618. The zero-order valence-corrected chi connectivity index (χ0v) is 18.2. The molecule has 0 saturated carbocycles. The Balaban J connectivity index is 1.99. The molecule has 0 saturated heterocycles. The van der Waals surface area contributed by atoms with Crippen molar-refractivity contribution < 1.29 is 17.9 Å². The molecule has 0 fully saturated rings. The molecule has 2 aromatic rings. The maximum atomic E-state index is 12.6. The molecule has 0 radical (unpaired) electrons. The van der Waals surface area contributed by atoms with E-state index in [1.165, 1.54) is 0 Å². The van der Waals surface area contributed by atoms with E-state index >= 15 is 0 Å². The fourth-order valence-electron chi connectivity index (χ4n) is 3.80. The van der Waals surface area contributed by atoms with Crippen molar-refractivity contribution in [2.75, 3.05) is 5.75 Å². The number of nitrogens with zero attached hydrogens (tertiary/aromatic N) is 2. The summed E-state index contributed by atoms with van der Waals surface area (Å²) in [4.78, 5) is 16.5. The molecule has 0 amide bonds. The van der Waals surface area contributed by atoms with Crippen LogP contribution in [0.5, 0.6) is 5.75 Å². The number of ketones is 1. The number of carbonyl (C=O) groups excluding carboxylic acids is 1. The summed E-state index contributed by atoms with van der Waals surface area (Å²) in [5.41, 5.74) is 2.17. The number of fused-ring (bicyclic) bond motifs is 1. The molecule has 0 N–H and O–H groups in total. The first-order valence-electron chi connectivity index (χ1n) is 10.3. The van der Waals surface area contributed by atoms with Crippen LogP contribution < -0.4 is 4.74 Å². The number of Topliss-reactive ketones (excluding diaryl/α,β-unsaturated/α-hetero) is 1. The molecule has 0 bridgehead atoms. The number of rotatable bonds is 9. The molecule has 1 aliphatic rings. The number of imidazole rings is 1. The third-order valence-corrected chi connectivity index (χ3v) is 7.13. The number of sulfone groups is 1. The van der Waals surface area contributed by atoms with Crippen LogP contribution in [-0.4, -0.2) is 35.6 Å². The Labute approximate surface area is 173 Å². The number of hydrogen-bond donors (Lipinski definition) is 0. The molecule has 1 aliphatic carbocycles. The van der Waals surface area contributed by atoms with E-state index in [1.54, 1.807) is 24.7 Å². The normalized spacial score (nSPS) is 15.4. The van der Waals surface area contributed by atoms with Crippen molar-refractivity contribution in [3.8, 4) is 5.75 Å². The van der Waals surface area contributed by atoms with Gasteiger partial charge in [0.15, 0.2) is 15.6 Å². The Morgan fingerprint density at radius 1 is 1.24 bits per heavy atom. The molecular formula is C22H30N2O4S. The second-order valence-electron chi connectivity index (χ2n) is 8.10. The molecule has 1 atom stereocenters. The maximum absolute atomic E-state index is 12.6. The zero-order valence-electron chi connectivity index (χ0n) is 17.4. The highest BCUT2D eigenvalue weighted by Gasteiger charge is 2.27. The largest absolute Gasteiger partial charge is 0.488 e. The summed E-state index contributed by atoms with van der Waals surface area (Å²) in [5, 5.41) is 0. The minimum absolute atomic E-state index is 0.0808. The molecule has 1 aromatic carbocycles. The monoisotopic (exact) mass is 418 g/mol. The molecule has 3 rings (SSSR count). The van der Waals surface area contributed by atoms with E-state index in [2.05, 4.69) is 18.8 Å². The van der Waals surface area contributed by atoms with E-state index in [1.807, 2.05) is 17.7 Å². The van der Waals surface area contributed by atoms with Crippen LogP contribution in [0.2, 0.25) is 0 Å². The summed E-state index contributed by atoms with van der Waals surface area (Å²) >= 11 is 0. The van der Waals surface area contributed by atoms with Crippen LogP contribution in [0.1, 0.15) is 61.5 Å². The standard InChI is InChI=1S/C22H30N2O4S/c1-4-12-29(26,27)14-19-17-6-5-7-20(25)18(17)8-9-21(19)28-22(16(2)3)13-24-11-10-23-15-24/h8-11,15-16,22H,4-7,12-14H2,1-3H3. The highest BCUT2D eigenvalue weighted by atomic mass is 32.2. The van der Waals surface area contributed by atoms with Gasteiger partial charge in [-0.3, -0.25) is 4.79 Å². The first-order valence-corrected chi connectivity index (χ1v) is 12.1. The van der Waals surface area contributed by atoms with Crippen LogP contribution >= 0.6 is 0 Å². The summed E-state index contributed by atoms with van der Waals surface area (Å²) in [6.07, 6.45) is 7.76. The molecule has 29 heavy (non-hydrogen) atoms. The van der Waals surface area contributed by atoms with Crippen LogP contribution in [-0.2, 0) is 28.6 Å². The molecule has 0 spiro atoms. The Hall–Kier alpha value is -2.15. The summed E-state index contributed by atoms with van der Waals surface area (Å²) in [7, 11) is -3.27. The lowest BCUT2D eigenvalue weighted by molar-refractivity contribution is 0.0971. The van der Waals surface area contributed by atoms with Gasteiger partial charge in [0.2, 0.25) is 0 Å². The minimum atomic E-state index is -3.27. The van der Waals surface area contributed by atoms with Crippen LogP contribution in [0.25, 0.3) is 0 Å². The Kier molecular flexibility index (Phi) is 6.77. The first-order chi connectivity index (χ1) is 13.8. The van der Waals surface area contributed by atoms with Gasteiger partial charge in [0, 0.05) is 29.9 Å². The second kappa shape index (κ2) is 9.11. The SMILES string of the molecule is CCCS(=O)(=O)Cc1c(OC(Cn2ccnc2)C(C)C)ccc2c1CCCC2=O. The van der Waals surface area contributed by atoms with Gasteiger partial charge >= 0.3 is 0 Å². The molecule has 0 aliphatic heterocycles. The first kappa shape index (κ1) is 21.6. The van der Waals surface area contributed by atoms with Crippen molar-refractivity contribution in [3.05, 3.63) is 47.5 Å². The summed E-state index contributed by atoms with van der Waals surface area (Å²) < 4.78 is 33.6. The highest BCUT2D eigenvalue weighted by Crippen LogP contribution is 2.34. The van der Waals surface area contributed by atoms with Crippen LogP contribution in [0.4, 0.5) is 0 Å². The summed E-state index contributed by atoms with van der Waals surface area (Å²) in [6, 6.07) is 3.58. The lowest BCUT2D eigenvalue weighted by Crippen LogP contribution is -2.29. The predicted octanol–water partition coefficient (Wildman–Crippen LogP) is 3.83. The topological polar surface area (TPSA) is 78.3 Å². The van der Waals surface area contributed by atoms with Crippen molar-refractivity contribution in [3.63, 3.8) is 0 Å². The van der Waals surface area contributed by atoms with Crippen molar-refractivity contribution in [2.45, 2.75) is 64.9 Å². The molecule has 1 aromatic heterocycles. The lowest BCUT2D eigenvalue weighted by Gasteiger charge is -2.27. The van der Waals surface area contributed by atoms with Crippen molar-refractivity contribution in [2.24, 2.45) is 5.92 Å². The van der Waals surface area contributed by atoms with Gasteiger partial charge in [0.05, 0.1) is 24.4 Å². The minimum Gasteiger partial charge on any atom is -0.488 e. The fourth-order valence-corrected chi connectivity index (χ4v) is 5.32. The summed E-state index contributed by atoms with van der Waals surface area (Å²) in [5.74, 6) is 0.938. The third kappa shape index (κ3) is 5.26. The second-order valence-corrected chi connectivity index (χ2v) is 10.3. The molecule has 7 heteroatoms. The van der Waals surface area contributed by atoms with Gasteiger partial charge in [-0.05, 0) is 42.9 Å². The number of ether oxygens (including phenoxy) is 1. The van der Waals surface area contributed by atoms with Gasteiger partial charge in [-0.15, -0.1) is 0 Å². The van der Waals surface area contributed by atoms with E-state index in [4.69, 9.17) is 4.74 Å². The molecular weight excluding hydrogens is 388 g/mol. The van der Waals surface area contributed by atoms with Crippen molar-refractivity contribution in [1.82, 2.24) is 9.55 Å². The smallest absolute Gasteiger partial charge is 0.163 e. The average Bonchev–Trinajstić information content (AvgIpc) is 3.16. The van der Waals surface area contributed by atoms with Crippen LogP contribution in [0, 0.1) is 5.92 Å². The molecule has 6 nitrogen and oxygen atoms in total. The van der Waals surface area contributed by atoms with Gasteiger partial charge in [-0.2, -0.15) is 0 Å². The maximum Gasteiger partial charge on any atom is 0.163 e. The van der Waals surface area contributed by atoms with Crippen LogP contribution in [0.3, 0.4) is 0 Å². The lowest BCUT2D eigenvalue weighted by atomic mass is 9.87. The molecule has 158 valence electrons.